The van der Waals surface area contributed by atoms with Crippen molar-refractivity contribution in [1.82, 2.24) is 14.9 Å². The summed E-state index contributed by atoms with van der Waals surface area (Å²) in [7, 11) is 3.13. The Hall–Kier alpha value is -2.87. The molecule has 160 valence electrons. The fourth-order valence-electron chi connectivity index (χ4n) is 4.30. The molecule has 2 aliphatic rings. The van der Waals surface area contributed by atoms with Crippen molar-refractivity contribution in [3.8, 4) is 11.8 Å². The van der Waals surface area contributed by atoms with Crippen LogP contribution in [0, 0.1) is 5.41 Å². The molecule has 2 fully saturated rings. The van der Waals surface area contributed by atoms with Crippen molar-refractivity contribution in [3.63, 3.8) is 0 Å². The number of amides is 1. The van der Waals surface area contributed by atoms with Gasteiger partial charge < -0.3 is 24.0 Å². The third-order valence-corrected chi connectivity index (χ3v) is 5.91. The number of benzene rings is 1. The first-order valence-corrected chi connectivity index (χ1v) is 10.2. The summed E-state index contributed by atoms with van der Waals surface area (Å²) in [6.07, 6.45) is 0.446. The highest BCUT2D eigenvalue weighted by molar-refractivity contribution is 5.80. The van der Waals surface area contributed by atoms with Crippen molar-refractivity contribution in [3.05, 3.63) is 42.0 Å². The summed E-state index contributed by atoms with van der Waals surface area (Å²) in [5.74, 6) is 1.56. The zero-order valence-corrected chi connectivity index (χ0v) is 17.7. The molecule has 1 amide bonds. The van der Waals surface area contributed by atoms with Crippen LogP contribution in [0.1, 0.15) is 24.9 Å². The Kier molecular flexibility index (Phi) is 5.76. The van der Waals surface area contributed by atoms with E-state index < -0.39 is 0 Å². The summed E-state index contributed by atoms with van der Waals surface area (Å²) in [5, 5.41) is 0. The van der Waals surface area contributed by atoms with Crippen molar-refractivity contribution in [2.24, 2.45) is 5.41 Å². The first-order chi connectivity index (χ1) is 14.5. The van der Waals surface area contributed by atoms with E-state index in [1.165, 1.54) is 0 Å². The molecule has 0 bridgehead atoms. The van der Waals surface area contributed by atoms with E-state index in [1.54, 1.807) is 20.3 Å². The van der Waals surface area contributed by atoms with Gasteiger partial charge in [-0.25, -0.2) is 0 Å². The number of likely N-dealkylation sites (tertiary alicyclic amines) is 1. The average molecular weight is 412 g/mol. The summed E-state index contributed by atoms with van der Waals surface area (Å²) < 4.78 is 16.5. The van der Waals surface area contributed by atoms with E-state index in [9.17, 15) is 4.79 Å². The van der Waals surface area contributed by atoms with Crippen molar-refractivity contribution >= 4 is 11.9 Å². The van der Waals surface area contributed by atoms with Gasteiger partial charge in [0.05, 0.1) is 39.5 Å². The van der Waals surface area contributed by atoms with Gasteiger partial charge in [-0.15, -0.1) is 0 Å². The van der Waals surface area contributed by atoms with Crippen LogP contribution in [0.5, 0.6) is 11.8 Å². The molecule has 2 atom stereocenters. The third-order valence-electron chi connectivity index (χ3n) is 5.91. The molecule has 4 rings (SSSR count). The molecule has 2 aliphatic heterocycles. The van der Waals surface area contributed by atoms with E-state index in [0.717, 1.165) is 5.56 Å². The molecule has 8 heteroatoms. The smallest absolute Gasteiger partial charge is 0.232 e. The van der Waals surface area contributed by atoms with E-state index in [2.05, 4.69) is 33.9 Å². The van der Waals surface area contributed by atoms with E-state index in [1.807, 2.05) is 23.1 Å². The van der Waals surface area contributed by atoms with Crippen LogP contribution >= 0.6 is 0 Å². The number of ether oxygens (including phenoxy) is 3. The lowest BCUT2D eigenvalue weighted by Crippen LogP contribution is -2.41. The van der Waals surface area contributed by atoms with E-state index >= 15 is 0 Å². The Morgan fingerprint density at radius 2 is 1.80 bits per heavy atom. The fraction of sp³-hybridized carbons (Fsp3) is 0.500. The second kappa shape index (κ2) is 8.47. The fourth-order valence-corrected chi connectivity index (χ4v) is 4.30. The number of nitrogens with zero attached hydrogens (tertiary/aromatic N) is 4. The number of anilines is 1. The molecule has 0 saturated carbocycles. The molecule has 0 N–H and O–H groups in total. The second-order valence-electron chi connectivity index (χ2n) is 8.01. The molecule has 0 aliphatic carbocycles. The minimum Gasteiger partial charge on any atom is -0.481 e. The van der Waals surface area contributed by atoms with Gasteiger partial charge in [-0.1, -0.05) is 30.3 Å². The highest BCUT2D eigenvalue weighted by Crippen LogP contribution is 2.39. The molecular weight excluding hydrogens is 384 g/mol. The Morgan fingerprint density at radius 3 is 2.47 bits per heavy atom. The van der Waals surface area contributed by atoms with Crippen LogP contribution in [0.25, 0.3) is 0 Å². The van der Waals surface area contributed by atoms with Gasteiger partial charge in [0.25, 0.3) is 0 Å². The average Bonchev–Trinajstić information content (AvgIpc) is 2.96. The molecule has 8 nitrogen and oxygen atoms in total. The predicted molar refractivity (Wildman–Crippen MR) is 112 cm³/mol. The molecule has 0 radical (unpaired) electrons. The number of aromatic nitrogens is 2. The van der Waals surface area contributed by atoms with Crippen LogP contribution in [-0.2, 0) is 9.53 Å². The first kappa shape index (κ1) is 20.4. The SMILES string of the molecule is COc1cc(OC)nc(N2CCOC[C@@]3(CC(=O)N([C@@H](C)c4ccccc4)C3)C2)n1. The maximum atomic E-state index is 13.0. The van der Waals surface area contributed by atoms with Gasteiger partial charge in [-0.3, -0.25) is 4.79 Å². The summed E-state index contributed by atoms with van der Waals surface area (Å²) in [6.45, 7) is 5.08. The highest BCUT2D eigenvalue weighted by atomic mass is 16.5. The van der Waals surface area contributed by atoms with E-state index in [0.29, 0.717) is 57.0 Å². The van der Waals surface area contributed by atoms with Gasteiger partial charge in [-0.2, -0.15) is 9.97 Å². The van der Waals surface area contributed by atoms with Crippen LogP contribution < -0.4 is 14.4 Å². The van der Waals surface area contributed by atoms with Gasteiger partial charge in [-0.05, 0) is 12.5 Å². The Morgan fingerprint density at radius 1 is 1.10 bits per heavy atom. The highest BCUT2D eigenvalue weighted by Gasteiger charge is 2.47. The minimum atomic E-state index is -0.309. The van der Waals surface area contributed by atoms with Crippen LogP contribution in [-0.4, -0.2) is 67.8 Å². The summed E-state index contributed by atoms with van der Waals surface area (Å²) >= 11 is 0. The summed E-state index contributed by atoms with van der Waals surface area (Å²) in [5.41, 5.74) is 0.825. The topological polar surface area (TPSA) is 77.0 Å². The van der Waals surface area contributed by atoms with Crippen LogP contribution in [0.3, 0.4) is 0 Å². The lowest BCUT2D eigenvalue weighted by molar-refractivity contribution is -0.129. The zero-order chi connectivity index (χ0) is 21.1. The number of hydrogen-bond donors (Lipinski definition) is 0. The Balaban J connectivity index is 1.58. The minimum absolute atomic E-state index is 0.0166. The quantitative estimate of drug-likeness (QED) is 0.746. The molecule has 0 unspecified atom stereocenters. The number of hydrogen-bond acceptors (Lipinski definition) is 7. The van der Waals surface area contributed by atoms with Crippen molar-refractivity contribution in [2.45, 2.75) is 19.4 Å². The largest absolute Gasteiger partial charge is 0.481 e. The number of carbonyl (C=O) groups excluding carboxylic acids is 1. The van der Waals surface area contributed by atoms with Crippen molar-refractivity contribution < 1.29 is 19.0 Å². The Bertz CT molecular complexity index is 872. The molecule has 3 heterocycles. The van der Waals surface area contributed by atoms with Crippen LogP contribution in [0.4, 0.5) is 5.95 Å². The predicted octanol–water partition coefficient (Wildman–Crippen LogP) is 2.31. The standard InChI is InChI=1S/C22H28N4O4/c1-16(17-7-5-4-6-8-17)26-14-22(12-20(26)27)13-25(9-10-30-15-22)21-23-18(28-2)11-19(24-21)29-3/h4-8,11,16H,9-10,12-15H2,1-3H3/t16-,22-/m0/s1. The number of rotatable bonds is 5. The van der Waals surface area contributed by atoms with Crippen molar-refractivity contribution in [2.75, 3.05) is 52.0 Å². The van der Waals surface area contributed by atoms with Crippen molar-refractivity contribution in [1.29, 1.82) is 0 Å². The molecule has 1 spiro atoms. The van der Waals surface area contributed by atoms with E-state index in [-0.39, 0.29) is 17.4 Å². The normalized spacial score (nSPS) is 22.8. The lowest BCUT2D eigenvalue weighted by atomic mass is 9.87. The second-order valence-corrected chi connectivity index (χ2v) is 8.01. The van der Waals surface area contributed by atoms with Gasteiger partial charge in [0.15, 0.2) is 0 Å². The Labute approximate surface area is 176 Å². The zero-order valence-electron chi connectivity index (χ0n) is 17.7. The lowest BCUT2D eigenvalue weighted by Gasteiger charge is -2.33. The van der Waals surface area contributed by atoms with Gasteiger partial charge in [0.1, 0.15) is 0 Å². The summed E-state index contributed by atoms with van der Waals surface area (Å²) in [4.78, 5) is 26.0. The molecular formula is C22H28N4O4. The van der Waals surface area contributed by atoms with Crippen LogP contribution in [0.15, 0.2) is 36.4 Å². The maximum absolute atomic E-state index is 13.0. The third kappa shape index (κ3) is 4.05. The van der Waals surface area contributed by atoms with Gasteiger partial charge in [0.2, 0.25) is 23.6 Å². The summed E-state index contributed by atoms with van der Waals surface area (Å²) in [6, 6.07) is 11.8. The molecule has 1 aromatic carbocycles. The molecule has 1 aromatic heterocycles. The van der Waals surface area contributed by atoms with Gasteiger partial charge >= 0.3 is 0 Å². The monoisotopic (exact) mass is 412 g/mol. The number of methoxy groups -OCH3 is 2. The van der Waals surface area contributed by atoms with E-state index in [4.69, 9.17) is 14.2 Å². The first-order valence-electron chi connectivity index (χ1n) is 10.2. The molecule has 30 heavy (non-hydrogen) atoms. The molecule has 2 saturated heterocycles. The number of carbonyl (C=O) groups is 1. The van der Waals surface area contributed by atoms with Gasteiger partial charge in [0, 0.05) is 31.5 Å². The maximum Gasteiger partial charge on any atom is 0.232 e. The molecule has 2 aromatic rings. The van der Waals surface area contributed by atoms with Crippen LogP contribution in [0.2, 0.25) is 0 Å².